The van der Waals surface area contributed by atoms with Crippen LogP contribution in [0.4, 0.5) is 11.4 Å². The number of benzene rings is 1. The van der Waals surface area contributed by atoms with Crippen LogP contribution < -0.4 is 10.1 Å². The highest BCUT2D eigenvalue weighted by Gasteiger charge is 2.59. The highest BCUT2D eigenvalue weighted by atomic mass is 16.8. The Kier molecular flexibility index (Phi) is 2.56. The van der Waals surface area contributed by atoms with E-state index in [1.54, 1.807) is 0 Å². The molecule has 1 heterocycles. The van der Waals surface area contributed by atoms with Crippen LogP contribution in [0.1, 0.15) is 6.42 Å². The monoisotopic (exact) mass is 286 g/mol. The molecule has 1 saturated carbocycles. The van der Waals surface area contributed by atoms with Crippen molar-refractivity contribution in [2.45, 2.75) is 6.42 Å². The third-order valence-corrected chi connectivity index (χ3v) is 4.84. The summed E-state index contributed by atoms with van der Waals surface area (Å²) >= 11 is 0. The molecule has 0 aromatic heterocycles. The number of hydrogen-bond acceptors (Lipinski definition) is 4. The van der Waals surface area contributed by atoms with Crippen molar-refractivity contribution in [2.24, 2.45) is 23.7 Å². The molecule has 1 unspecified atom stereocenters. The number of allylic oxidation sites excluding steroid dienone is 2. The van der Waals surface area contributed by atoms with Crippen molar-refractivity contribution in [3.05, 3.63) is 41.6 Å². The predicted molar refractivity (Wildman–Crippen MR) is 72.4 cm³/mol. The van der Waals surface area contributed by atoms with Crippen LogP contribution in [0.2, 0.25) is 0 Å². The van der Waals surface area contributed by atoms with Crippen LogP contribution in [-0.4, -0.2) is 17.0 Å². The van der Waals surface area contributed by atoms with E-state index in [9.17, 15) is 14.8 Å². The second-order valence-electron chi connectivity index (χ2n) is 5.86. The SMILES string of the molecule is O=C1[C@@H]2[C@H](C(=O)N1c1ccc([NH+]([O-])O)cc1)[C@@H]1C=C[C@@H]2C1. The van der Waals surface area contributed by atoms with Crippen molar-refractivity contribution < 1.29 is 20.0 Å². The lowest BCUT2D eigenvalue weighted by atomic mass is 9.85. The first kappa shape index (κ1) is 12.7. The van der Waals surface area contributed by atoms with Crippen LogP contribution in [0.5, 0.6) is 0 Å². The Morgan fingerprint density at radius 1 is 1.05 bits per heavy atom. The van der Waals surface area contributed by atoms with Gasteiger partial charge >= 0.3 is 0 Å². The molecule has 2 aliphatic carbocycles. The molecule has 6 heteroatoms. The number of fused-ring (bicyclic) bond motifs is 5. The van der Waals surface area contributed by atoms with Gasteiger partial charge in [0.15, 0.2) is 5.69 Å². The largest absolute Gasteiger partial charge is 0.595 e. The summed E-state index contributed by atoms with van der Waals surface area (Å²) in [6, 6.07) is 5.88. The molecule has 6 nitrogen and oxygen atoms in total. The van der Waals surface area contributed by atoms with Gasteiger partial charge in [0.1, 0.15) is 0 Å². The number of amides is 2. The molecule has 1 saturated heterocycles. The van der Waals surface area contributed by atoms with Crippen molar-refractivity contribution in [3.63, 3.8) is 0 Å². The molecule has 5 atom stereocenters. The Morgan fingerprint density at radius 2 is 1.57 bits per heavy atom. The molecule has 0 radical (unpaired) electrons. The Morgan fingerprint density at radius 3 is 2.05 bits per heavy atom. The Hall–Kier alpha value is -2.02. The Bertz CT molecular complexity index is 622. The lowest BCUT2D eigenvalue weighted by molar-refractivity contribution is -0.991. The van der Waals surface area contributed by atoms with Crippen LogP contribution in [0.3, 0.4) is 0 Å². The maximum atomic E-state index is 12.6. The van der Waals surface area contributed by atoms with Gasteiger partial charge in [-0.05, 0) is 30.4 Å². The zero-order valence-electron chi connectivity index (χ0n) is 11.1. The molecule has 3 aliphatic rings. The first-order chi connectivity index (χ1) is 10.1. The smallest absolute Gasteiger partial charge is 0.238 e. The van der Waals surface area contributed by atoms with Crippen LogP contribution >= 0.6 is 0 Å². The van der Waals surface area contributed by atoms with E-state index in [1.165, 1.54) is 29.2 Å². The first-order valence-corrected chi connectivity index (χ1v) is 6.97. The van der Waals surface area contributed by atoms with Crippen molar-refractivity contribution in [1.82, 2.24) is 0 Å². The third-order valence-electron chi connectivity index (χ3n) is 4.84. The minimum atomic E-state index is -1.03. The number of carbonyl (C=O) groups excluding carboxylic acids is 2. The number of carbonyl (C=O) groups is 2. The van der Waals surface area contributed by atoms with Gasteiger partial charge in [-0.25, -0.2) is 5.21 Å². The summed E-state index contributed by atoms with van der Waals surface area (Å²) in [5, 5.41) is 18.7. The molecule has 1 aliphatic heterocycles. The lowest BCUT2D eigenvalue weighted by Crippen LogP contribution is -2.99. The van der Waals surface area contributed by atoms with E-state index >= 15 is 0 Å². The number of imide groups is 1. The van der Waals surface area contributed by atoms with E-state index in [0.717, 1.165) is 6.42 Å². The summed E-state index contributed by atoms with van der Waals surface area (Å²) < 4.78 is 0. The quantitative estimate of drug-likeness (QED) is 0.468. The van der Waals surface area contributed by atoms with Gasteiger partial charge in [0.05, 0.1) is 17.5 Å². The molecule has 2 amide bonds. The van der Waals surface area contributed by atoms with E-state index in [-0.39, 0.29) is 41.2 Å². The molecule has 2 N–H and O–H groups in total. The van der Waals surface area contributed by atoms with E-state index in [4.69, 9.17) is 5.21 Å². The summed E-state index contributed by atoms with van der Waals surface area (Å²) in [7, 11) is 0. The van der Waals surface area contributed by atoms with Gasteiger partial charge in [-0.1, -0.05) is 12.2 Å². The molecule has 0 spiro atoms. The molecule has 2 bridgehead atoms. The van der Waals surface area contributed by atoms with Crippen LogP contribution in [0.25, 0.3) is 0 Å². The Labute approximate surface area is 120 Å². The third kappa shape index (κ3) is 1.64. The number of quaternary nitrogens is 1. The molecule has 108 valence electrons. The maximum Gasteiger partial charge on any atom is 0.238 e. The standard InChI is InChI=1S/C15H14N2O4/c18-14-12-8-1-2-9(7-8)13(12)15(19)16(14)10-3-5-11(6-4-10)17(20)21/h1-6,8-9,12-13,17,20H,7H2/t8-,9-,12-,13+/m1/s1. The first-order valence-electron chi connectivity index (χ1n) is 6.97. The summed E-state index contributed by atoms with van der Waals surface area (Å²) in [5.41, 5.74) is 0.601. The predicted octanol–water partition coefficient (Wildman–Crippen LogP) is 0.402. The van der Waals surface area contributed by atoms with Crippen LogP contribution in [0, 0.1) is 28.9 Å². The van der Waals surface area contributed by atoms with Gasteiger partial charge in [0.25, 0.3) is 0 Å². The van der Waals surface area contributed by atoms with Crippen molar-refractivity contribution in [2.75, 3.05) is 4.90 Å². The number of hydrogen-bond donors (Lipinski definition) is 2. The summed E-state index contributed by atoms with van der Waals surface area (Å²) in [4.78, 5) is 26.4. The molecule has 1 aromatic carbocycles. The number of nitrogens with zero attached hydrogens (tertiary/aromatic N) is 1. The normalized spacial score (nSPS) is 34.7. The second kappa shape index (κ2) is 4.24. The molecule has 4 rings (SSSR count). The fourth-order valence-corrected chi connectivity index (χ4v) is 3.91. The van der Waals surface area contributed by atoms with E-state index in [2.05, 4.69) is 0 Å². The van der Waals surface area contributed by atoms with E-state index in [0.29, 0.717) is 5.69 Å². The molecule has 2 fully saturated rings. The number of anilines is 1. The van der Waals surface area contributed by atoms with Gasteiger partial charge < -0.3 is 5.21 Å². The maximum absolute atomic E-state index is 12.6. The zero-order valence-corrected chi connectivity index (χ0v) is 11.1. The van der Waals surface area contributed by atoms with Crippen LogP contribution in [0.15, 0.2) is 36.4 Å². The van der Waals surface area contributed by atoms with E-state index < -0.39 is 5.23 Å². The van der Waals surface area contributed by atoms with Gasteiger partial charge in [-0.2, -0.15) is 5.23 Å². The van der Waals surface area contributed by atoms with Gasteiger partial charge in [-0.15, -0.1) is 0 Å². The highest BCUT2D eigenvalue weighted by Crippen LogP contribution is 2.53. The fraction of sp³-hybridized carbons (Fsp3) is 0.333. The molecular weight excluding hydrogens is 272 g/mol. The Balaban J connectivity index is 1.68. The molecular formula is C15H14N2O4. The summed E-state index contributed by atoms with van der Waals surface area (Å²) in [6.07, 6.45) is 5.00. The van der Waals surface area contributed by atoms with Crippen molar-refractivity contribution in [3.8, 4) is 0 Å². The number of nitrogens with one attached hydrogen (secondary N) is 1. The second-order valence-corrected chi connectivity index (χ2v) is 5.86. The molecule has 1 aromatic rings. The zero-order chi connectivity index (χ0) is 14.7. The molecule has 21 heavy (non-hydrogen) atoms. The highest BCUT2D eigenvalue weighted by molar-refractivity contribution is 6.22. The topological polar surface area (TPSA) is 85.1 Å². The minimum absolute atomic E-state index is 0.139. The minimum Gasteiger partial charge on any atom is -0.595 e. The average Bonchev–Trinajstić information content (AvgIpc) is 3.13. The van der Waals surface area contributed by atoms with E-state index in [1.807, 2.05) is 12.2 Å². The average molecular weight is 286 g/mol. The summed E-state index contributed by atoms with van der Waals surface area (Å²) in [5.74, 6) is -0.396. The summed E-state index contributed by atoms with van der Waals surface area (Å²) in [6.45, 7) is 0. The van der Waals surface area contributed by atoms with Gasteiger partial charge in [-0.3, -0.25) is 14.5 Å². The van der Waals surface area contributed by atoms with Crippen molar-refractivity contribution >= 4 is 23.2 Å². The van der Waals surface area contributed by atoms with Crippen LogP contribution in [-0.2, 0) is 9.59 Å². The van der Waals surface area contributed by atoms with Gasteiger partial charge in [0.2, 0.25) is 11.8 Å². The fourth-order valence-electron chi connectivity index (χ4n) is 3.91. The lowest BCUT2D eigenvalue weighted by Gasteiger charge is -2.18. The van der Waals surface area contributed by atoms with Gasteiger partial charge in [0, 0.05) is 12.1 Å². The number of rotatable bonds is 2. The van der Waals surface area contributed by atoms with Crippen molar-refractivity contribution in [1.29, 1.82) is 0 Å².